The van der Waals surface area contributed by atoms with Gasteiger partial charge in [-0.3, -0.25) is 24.7 Å². The highest BCUT2D eigenvalue weighted by Crippen LogP contribution is 2.32. The Balaban J connectivity index is 1.02. The Morgan fingerprint density at radius 3 is 2.39 bits per heavy atom. The largest absolute Gasteiger partial charge is 0.465 e. The minimum absolute atomic E-state index is 0.172. The zero-order valence-corrected chi connectivity index (χ0v) is 20.9. The second-order valence-corrected chi connectivity index (χ2v) is 9.28. The van der Waals surface area contributed by atoms with Gasteiger partial charge in [0.25, 0.3) is 0 Å². The van der Waals surface area contributed by atoms with Gasteiger partial charge < -0.3 is 15.5 Å². The molecule has 0 saturated heterocycles. The Bertz CT molecular complexity index is 1490. The number of anilines is 1. The van der Waals surface area contributed by atoms with Gasteiger partial charge in [0.05, 0.1) is 24.5 Å². The first-order valence-electron chi connectivity index (χ1n) is 12.7. The van der Waals surface area contributed by atoms with Crippen LogP contribution in [0.3, 0.4) is 0 Å². The molecule has 4 N–H and O–H groups in total. The second kappa shape index (κ2) is 11.4. The third-order valence-electron chi connectivity index (χ3n) is 6.69. The molecule has 0 fully saturated rings. The van der Waals surface area contributed by atoms with Gasteiger partial charge in [0, 0.05) is 40.2 Å². The molecule has 8 heteroatoms. The van der Waals surface area contributed by atoms with E-state index in [-0.39, 0.29) is 18.2 Å². The summed E-state index contributed by atoms with van der Waals surface area (Å²) in [6.45, 7) is 0.673. The van der Waals surface area contributed by atoms with Crippen molar-refractivity contribution in [2.24, 2.45) is 5.73 Å². The maximum atomic E-state index is 13.0. The van der Waals surface area contributed by atoms with E-state index in [0.717, 1.165) is 29.3 Å². The third kappa shape index (κ3) is 5.22. The molecule has 0 saturated carbocycles. The first-order valence-corrected chi connectivity index (χ1v) is 12.7. The zero-order chi connectivity index (χ0) is 26.5. The van der Waals surface area contributed by atoms with Crippen LogP contribution in [0.2, 0.25) is 0 Å². The van der Waals surface area contributed by atoms with Crippen LogP contribution in [-0.2, 0) is 20.8 Å². The molecule has 0 radical (unpaired) electrons. The molecule has 1 atom stereocenters. The van der Waals surface area contributed by atoms with Crippen molar-refractivity contribution in [3.05, 3.63) is 101 Å². The molecule has 3 aromatic carbocycles. The van der Waals surface area contributed by atoms with Gasteiger partial charge >= 0.3 is 5.97 Å². The monoisotopic (exact) mass is 511 g/mol. The van der Waals surface area contributed by atoms with E-state index in [1.807, 2.05) is 30.5 Å². The molecule has 1 aliphatic carbocycles. The van der Waals surface area contributed by atoms with Gasteiger partial charge in [0.1, 0.15) is 6.04 Å². The fraction of sp³-hybridized carbons (Fsp3) is 0.233. The van der Waals surface area contributed by atoms with E-state index in [9.17, 15) is 14.4 Å². The molecule has 8 nitrogen and oxygen atoms in total. The number of aromatic amines is 1. The van der Waals surface area contributed by atoms with E-state index in [1.54, 1.807) is 42.5 Å². The molecule has 0 unspecified atom stereocenters. The Labute approximate surface area is 220 Å². The number of ketones is 2. The molecule has 38 heavy (non-hydrogen) atoms. The Kier molecular flexibility index (Phi) is 7.62. The molecule has 1 heterocycles. The molecule has 4 aromatic rings. The summed E-state index contributed by atoms with van der Waals surface area (Å²) in [4.78, 5) is 46.9. The van der Waals surface area contributed by atoms with Gasteiger partial charge in [-0.25, -0.2) is 0 Å². The van der Waals surface area contributed by atoms with Crippen LogP contribution in [0.4, 0.5) is 5.69 Å². The topological polar surface area (TPSA) is 124 Å². The average molecular weight is 512 g/mol. The molecule has 5 rings (SSSR count). The standard InChI is InChI=1S/C30H29N3O5/c31-24(17-19-18-32-25-13-5-4-9-20(19)25)30(36)37-15-6-1-7-16-38-33-26-14-8-12-23-27(26)29(35)22-11-3-2-10-21(22)28(23)34/h2-5,8-14,18,24,32-33H,1,6-7,15-17,31H2/t24-/m0/s1. The molecule has 1 aromatic heterocycles. The van der Waals surface area contributed by atoms with Crippen LogP contribution in [-0.4, -0.2) is 41.8 Å². The summed E-state index contributed by atoms with van der Waals surface area (Å²) in [6.07, 6.45) is 4.47. The number of benzene rings is 3. The lowest BCUT2D eigenvalue weighted by Crippen LogP contribution is -2.34. The minimum atomic E-state index is -0.722. The van der Waals surface area contributed by atoms with Crippen molar-refractivity contribution in [1.29, 1.82) is 0 Å². The van der Waals surface area contributed by atoms with Crippen molar-refractivity contribution in [2.75, 3.05) is 18.7 Å². The van der Waals surface area contributed by atoms with Gasteiger partial charge in [0.15, 0.2) is 11.6 Å². The van der Waals surface area contributed by atoms with Gasteiger partial charge in [-0.15, -0.1) is 0 Å². The number of nitrogens with two attached hydrogens (primary N) is 1. The number of carbonyl (C=O) groups excluding carboxylic acids is 3. The molecular formula is C30H29N3O5. The van der Waals surface area contributed by atoms with E-state index in [0.29, 0.717) is 47.4 Å². The number of para-hydroxylation sites is 1. The van der Waals surface area contributed by atoms with Gasteiger partial charge in [-0.2, -0.15) is 0 Å². The normalized spacial score (nSPS) is 13.2. The van der Waals surface area contributed by atoms with Gasteiger partial charge in [0.2, 0.25) is 0 Å². The summed E-state index contributed by atoms with van der Waals surface area (Å²) in [7, 11) is 0. The molecule has 0 amide bonds. The predicted molar refractivity (Wildman–Crippen MR) is 144 cm³/mol. The first kappa shape index (κ1) is 25.4. The average Bonchev–Trinajstić information content (AvgIpc) is 3.35. The summed E-state index contributed by atoms with van der Waals surface area (Å²) in [6, 6.07) is 19.1. The number of esters is 1. The van der Waals surface area contributed by atoms with E-state index < -0.39 is 12.0 Å². The first-order chi connectivity index (χ1) is 18.5. The van der Waals surface area contributed by atoms with Crippen molar-refractivity contribution in [3.63, 3.8) is 0 Å². The van der Waals surface area contributed by atoms with Crippen LogP contribution in [0.1, 0.15) is 56.7 Å². The summed E-state index contributed by atoms with van der Waals surface area (Å²) < 4.78 is 5.35. The summed E-state index contributed by atoms with van der Waals surface area (Å²) in [5, 5.41) is 1.06. The number of nitrogens with one attached hydrogen (secondary N) is 2. The fourth-order valence-electron chi connectivity index (χ4n) is 4.71. The number of fused-ring (bicyclic) bond motifs is 3. The number of aromatic nitrogens is 1. The van der Waals surface area contributed by atoms with Crippen LogP contribution in [0, 0.1) is 0 Å². The third-order valence-corrected chi connectivity index (χ3v) is 6.69. The Morgan fingerprint density at radius 1 is 0.842 bits per heavy atom. The van der Waals surface area contributed by atoms with Crippen LogP contribution in [0.25, 0.3) is 10.9 Å². The summed E-state index contributed by atoms with van der Waals surface area (Å²) in [5.74, 6) is -0.788. The van der Waals surface area contributed by atoms with Crippen LogP contribution in [0.15, 0.2) is 72.9 Å². The highest BCUT2D eigenvalue weighted by molar-refractivity contribution is 6.30. The minimum Gasteiger partial charge on any atom is -0.465 e. The van der Waals surface area contributed by atoms with E-state index in [1.165, 1.54) is 0 Å². The van der Waals surface area contributed by atoms with Crippen LogP contribution < -0.4 is 11.2 Å². The molecule has 0 aliphatic heterocycles. The highest BCUT2D eigenvalue weighted by Gasteiger charge is 2.31. The lowest BCUT2D eigenvalue weighted by Gasteiger charge is -2.20. The highest BCUT2D eigenvalue weighted by atomic mass is 16.6. The van der Waals surface area contributed by atoms with Crippen molar-refractivity contribution in [3.8, 4) is 0 Å². The van der Waals surface area contributed by atoms with E-state index in [2.05, 4.69) is 10.5 Å². The maximum absolute atomic E-state index is 13.0. The van der Waals surface area contributed by atoms with Gasteiger partial charge in [-0.1, -0.05) is 54.6 Å². The van der Waals surface area contributed by atoms with Crippen molar-refractivity contribution < 1.29 is 24.0 Å². The van der Waals surface area contributed by atoms with Crippen LogP contribution in [0.5, 0.6) is 0 Å². The number of carbonyl (C=O) groups is 3. The molecule has 1 aliphatic rings. The maximum Gasteiger partial charge on any atom is 0.323 e. The Morgan fingerprint density at radius 2 is 1.55 bits per heavy atom. The quantitative estimate of drug-likeness (QED) is 0.135. The number of H-pyrrole nitrogens is 1. The zero-order valence-electron chi connectivity index (χ0n) is 20.9. The van der Waals surface area contributed by atoms with Crippen molar-refractivity contribution in [2.45, 2.75) is 31.7 Å². The van der Waals surface area contributed by atoms with Gasteiger partial charge in [-0.05, 0) is 37.0 Å². The number of hydrogen-bond acceptors (Lipinski definition) is 7. The SMILES string of the molecule is N[C@@H](Cc1c[nH]c2ccccc12)C(=O)OCCCCCONc1cccc2c1C(=O)c1ccccc1C2=O. The fourth-order valence-corrected chi connectivity index (χ4v) is 4.71. The van der Waals surface area contributed by atoms with E-state index in [4.69, 9.17) is 15.3 Å². The lowest BCUT2D eigenvalue weighted by atomic mass is 9.83. The molecule has 0 spiro atoms. The summed E-state index contributed by atoms with van der Waals surface area (Å²) >= 11 is 0. The molecular weight excluding hydrogens is 482 g/mol. The van der Waals surface area contributed by atoms with Crippen molar-refractivity contribution >= 4 is 34.1 Å². The van der Waals surface area contributed by atoms with Crippen molar-refractivity contribution in [1.82, 2.24) is 4.98 Å². The van der Waals surface area contributed by atoms with E-state index >= 15 is 0 Å². The summed E-state index contributed by atoms with van der Waals surface area (Å²) in [5.41, 5.74) is 12.9. The number of rotatable bonds is 11. The predicted octanol–water partition coefficient (Wildman–Crippen LogP) is 4.57. The number of hydrogen-bond donors (Lipinski definition) is 3. The number of ether oxygens (including phenoxy) is 1. The lowest BCUT2D eigenvalue weighted by molar-refractivity contribution is -0.145. The molecule has 194 valence electrons. The molecule has 0 bridgehead atoms. The smallest absolute Gasteiger partial charge is 0.323 e. The Hall–Kier alpha value is -4.27. The van der Waals surface area contributed by atoms with Crippen LogP contribution >= 0.6 is 0 Å². The second-order valence-electron chi connectivity index (χ2n) is 9.28. The number of unbranched alkanes of at least 4 members (excludes halogenated alkanes) is 2.